The Morgan fingerprint density at radius 1 is 0.277 bits per heavy atom. The van der Waals surface area contributed by atoms with Crippen LogP contribution in [0.15, 0.2) is 146 Å². The summed E-state index contributed by atoms with van der Waals surface area (Å²) in [7, 11) is 3.84. The van der Waals surface area contributed by atoms with Crippen molar-refractivity contribution in [2.24, 2.45) is 14.1 Å². The van der Waals surface area contributed by atoms with Crippen LogP contribution in [0.2, 0.25) is 0 Å². The van der Waals surface area contributed by atoms with Gasteiger partial charge in [0, 0.05) is 52.6 Å². The van der Waals surface area contributed by atoms with Gasteiger partial charge in [-0.2, -0.15) is 30.0 Å². The maximum Gasteiger partial charge on any atom is 0.121 e. The number of hydrogen-bond acceptors (Lipinski definition) is 4. The Kier molecular flexibility index (Phi) is 7.52. The molecular weight excluding hydrogens is 793 g/mol. The molecule has 10 aromatic rings. The summed E-state index contributed by atoms with van der Waals surface area (Å²) in [6.07, 6.45) is 0. The monoisotopic (exact) mass is 840 g/mol. The molecule has 3 aliphatic rings. The first kappa shape index (κ1) is 38.1. The SMILES string of the molecule is Cn1nc2c(-c3ccc4c(c3)C(C)(C)c3ccccc3-4)ccc(-c3ccc4c(c3)C(C)(C)c3cc(-c5ccc(-c6ccc7c(c6)C(C)(C)c6ccccc6-7)c6nn(C)nc56)ccc3-4)c2n1. The Hall–Kier alpha value is -7.44. The van der Waals surface area contributed by atoms with E-state index < -0.39 is 0 Å². The molecule has 13 rings (SSSR count). The number of aromatic nitrogens is 6. The first-order valence-corrected chi connectivity index (χ1v) is 22.8. The highest BCUT2D eigenvalue weighted by atomic mass is 15.5. The predicted molar refractivity (Wildman–Crippen MR) is 265 cm³/mol. The third-order valence-electron chi connectivity index (χ3n) is 15.4. The van der Waals surface area contributed by atoms with E-state index in [-0.39, 0.29) is 16.2 Å². The molecule has 0 amide bonds. The van der Waals surface area contributed by atoms with Crippen LogP contribution in [0.1, 0.15) is 74.9 Å². The first-order valence-electron chi connectivity index (χ1n) is 22.8. The molecular formula is C59H48N6. The highest BCUT2D eigenvalue weighted by Crippen LogP contribution is 2.54. The van der Waals surface area contributed by atoms with Crippen molar-refractivity contribution in [2.45, 2.75) is 57.8 Å². The molecule has 65 heavy (non-hydrogen) atoms. The summed E-state index contributed by atoms with van der Waals surface area (Å²) in [5, 5.41) is 20.0. The molecule has 6 nitrogen and oxygen atoms in total. The Labute approximate surface area is 379 Å². The van der Waals surface area contributed by atoms with Gasteiger partial charge in [-0.25, -0.2) is 0 Å². The maximum absolute atomic E-state index is 5.00. The van der Waals surface area contributed by atoms with Crippen molar-refractivity contribution >= 4 is 22.1 Å². The minimum Gasteiger partial charge on any atom is -0.187 e. The highest BCUT2D eigenvalue weighted by Gasteiger charge is 2.38. The van der Waals surface area contributed by atoms with Crippen LogP contribution in [0.5, 0.6) is 0 Å². The number of nitrogens with zero attached hydrogens (tertiary/aromatic N) is 6. The van der Waals surface area contributed by atoms with E-state index in [1.807, 2.05) is 14.1 Å². The van der Waals surface area contributed by atoms with E-state index in [2.05, 4.69) is 187 Å². The zero-order valence-electron chi connectivity index (χ0n) is 38.0. The Morgan fingerprint density at radius 2 is 0.508 bits per heavy atom. The lowest BCUT2D eigenvalue weighted by atomic mass is 9.80. The second-order valence-corrected chi connectivity index (χ2v) is 20.1. The van der Waals surface area contributed by atoms with Gasteiger partial charge in [-0.05, 0) is 113 Å². The predicted octanol–water partition coefficient (Wildman–Crippen LogP) is 13.8. The number of rotatable bonds is 4. The molecule has 6 heteroatoms. The number of hydrogen-bond donors (Lipinski definition) is 0. The van der Waals surface area contributed by atoms with E-state index >= 15 is 0 Å². The number of benzene rings is 8. The van der Waals surface area contributed by atoms with E-state index in [1.165, 1.54) is 66.8 Å². The second-order valence-electron chi connectivity index (χ2n) is 20.1. The Balaban J connectivity index is 0.858. The molecule has 0 N–H and O–H groups in total. The lowest BCUT2D eigenvalue weighted by Gasteiger charge is -2.23. The summed E-state index contributed by atoms with van der Waals surface area (Å²) in [6, 6.07) is 54.3. The van der Waals surface area contributed by atoms with Crippen LogP contribution in [-0.4, -0.2) is 30.0 Å². The van der Waals surface area contributed by atoms with Crippen LogP contribution in [0, 0.1) is 0 Å². The fourth-order valence-electron chi connectivity index (χ4n) is 11.9. The Bertz CT molecular complexity index is 3480. The first-order chi connectivity index (χ1) is 31.3. The fourth-order valence-corrected chi connectivity index (χ4v) is 11.9. The quantitative estimate of drug-likeness (QED) is 0.177. The van der Waals surface area contributed by atoms with Crippen molar-refractivity contribution < 1.29 is 0 Å². The summed E-state index contributed by atoms with van der Waals surface area (Å²) in [4.78, 5) is 3.43. The molecule has 0 atom stereocenters. The molecule has 0 bridgehead atoms. The van der Waals surface area contributed by atoms with Crippen molar-refractivity contribution in [1.82, 2.24) is 30.0 Å². The average Bonchev–Trinajstić information content (AvgIpc) is 4.07. The number of fused-ring (bicyclic) bond motifs is 11. The molecule has 2 heterocycles. The molecule has 2 aromatic heterocycles. The lowest BCUT2D eigenvalue weighted by molar-refractivity contribution is 0.660. The largest absolute Gasteiger partial charge is 0.187 e. The van der Waals surface area contributed by atoms with E-state index in [0.29, 0.717) is 0 Å². The van der Waals surface area contributed by atoms with Crippen molar-refractivity contribution in [1.29, 1.82) is 0 Å². The van der Waals surface area contributed by atoms with Gasteiger partial charge >= 0.3 is 0 Å². The smallest absolute Gasteiger partial charge is 0.121 e. The Morgan fingerprint density at radius 3 is 0.800 bits per heavy atom. The molecule has 0 saturated heterocycles. The minimum atomic E-state index is -0.247. The topological polar surface area (TPSA) is 61.4 Å². The van der Waals surface area contributed by atoms with Gasteiger partial charge in [-0.15, -0.1) is 0 Å². The molecule has 0 unspecified atom stereocenters. The molecule has 8 aromatic carbocycles. The van der Waals surface area contributed by atoms with E-state index in [0.717, 1.165) is 66.6 Å². The van der Waals surface area contributed by atoms with Crippen LogP contribution in [0.4, 0.5) is 0 Å². The molecule has 0 aliphatic heterocycles. The van der Waals surface area contributed by atoms with Gasteiger partial charge in [0.1, 0.15) is 22.1 Å². The van der Waals surface area contributed by atoms with Gasteiger partial charge in [0.15, 0.2) is 0 Å². The zero-order valence-corrected chi connectivity index (χ0v) is 38.0. The van der Waals surface area contributed by atoms with Gasteiger partial charge in [0.05, 0.1) is 0 Å². The zero-order chi connectivity index (χ0) is 44.3. The third-order valence-corrected chi connectivity index (χ3v) is 15.4. The van der Waals surface area contributed by atoms with Gasteiger partial charge in [0.2, 0.25) is 0 Å². The molecule has 3 aliphatic carbocycles. The summed E-state index contributed by atoms with van der Waals surface area (Å²) in [5.74, 6) is 0. The van der Waals surface area contributed by atoms with E-state index in [1.54, 1.807) is 9.59 Å². The number of aryl methyl sites for hydroxylation is 2. The maximum atomic E-state index is 5.00. The summed E-state index contributed by atoms with van der Waals surface area (Å²) < 4.78 is 0. The van der Waals surface area contributed by atoms with Crippen LogP contribution in [-0.2, 0) is 30.3 Å². The van der Waals surface area contributed by atoms with Gasteiger partial charge in [0.25, 0.3) is 0 Å². The normalized spacial score (nSPS) is 15.4. The van der Waals surface area contributed by atoms with Crippen molar-refractivity contribution in [2.75, 3.05) is 0 Å². The lowest BCUT2D eigenvalue weighted by Crippen LogP contribution is -2.15. The van der Waals surface area contributed by atoms with E-state index in [9.17, 15) is 0 Å². The third kappa shape index (κ3) is 5.16. The van der Waals surface area contributed by atoms with Crippen molar-refractivity contribution in [3.8, 4) is 77.9 Å². The van der Waals surface area contributed by atoms with Gasteiger partial charge < -0.3 is 0 Å². The molecule has 0 fully saturated rings. The minimum absolute atomic E-state index is 0.0829. The highest BCUT2D eigenvalue weighted by molar-refractivity contribution is 6.03. The second kappa shape index (κ2) is 12.9. The van der Waals surface area contributed by atoms with Crippen molar-refractivity contribution in [3.05, 3.63) is 179 Å². The van der Waals surface area contributed by atoms with E-state index in [4.69, 9.17) is 20.4 Å². The standard InChI is InChI=1S/C59H48N6/c1-57(2)47-15-11-9-13-41(47)43-21-17-33(29-49(43)57)37-25-27-39(55-53(37)60-64(7)62-55)35-19-23-45-46-24-20-36(32-52(46)59(5,6)51(45)31-35)40-28-26-38(54-56(40)63-65(8)61-54)34-18-22-44-42-14-10-12-16-48(42)58(3,4)50(44)30-34/h9-32H,1-8H3. The van der Waals surface area contributed by atoms with Crippen LogP contribution < -0.4 is 0 Å². The van der Waals surface area contributed by atoms with Gasteiger partial charge in [-0.1, -0.05) is 163 Å². The van der Waals surface area contributed by atoms with Crippen LogP contribution >= 0.6 is 0 Å². The average molecular weight is 841 g/mol. The van der Waals surface area contributed by atoms with Crippen molar-refractivity contribution in [3.63, 3.8) is 0 Å². The summed E-state index contributed by atoms with van der Waals surface area (Å²) >= 11 is 0. The van der Waals surface area contributed by atoms with Gasteiger partial charge in [-0.3, -0.25) is 0 Å². The molecule has 0 radical (unpaired) electrons. The summed E-state index contributed by atoms with van der Waals surface area (Å²) in [5.41, 5.74) is 28.1. The summed E-state index contributed by atoms with van der Waals surface area (Å²) in [6.45, 7) is 14.0. The molecule has 314 valence electrons. The fraction of sp³-hybridized carbons (Fsp3) is 0.186. The van der Waals surface area contributed by atoms with Crippen LogP contribution in [0.3, 0.4) is 0 Å². The molecule has 0 spiro atoms. The van der Waals surface area contributed by atoms with Crippen LogP contribution in [0.25, 0.3) is 100.0 Å². The molecule has 0 saturated carbocycles.